The number of amides is 4. The van der Waals surface area contributed by atoms with E-state index in [-0.39, 0.29) is 23.9 Å². The largest absolute Gasteiger partial charge is 0.336 e. The maximum Gasteiger partial charge on any atom is 0.319 e. The van der Waals surface area contributed by atoms with Gasteiger partial charge in [0.2, 0.25) is 0 Å². The monoisotopic (exact) mass is 442 g/mol. The minimum absolute atomic E-state index is 0.0266. The predicted octanol–water partition coefficient (Wildman–Crippen LogP) is 4.67. The SMILES string of the molecule is CC(C)NC(=O)Nc1ccccc1C(=O)Nc1ccc(C(=O)N2CCc3ccccc32)cc1. The number of hydrogen-bond acceptors (Lipinski definition) is 3. The predicted molar refractivity (Wildman–Crippen MR) is 130 cm³/mol. The second-order valence-electron chi connectivity index (χ2n) is 8.17. The first kappa shape index (κ1) is 22.1. The van der Waals surface area contributed by atoms with Gasteiger partial charge in [-0.1, -0.05) is 30.3 Å². The molecule has 0 radical (unpaired) electrons. The smallest absolute Gasteiger partial charge is 0.319 e. The van der Waals surface area contributed by atoms with Crippen LogP contribution in [0.15, 0.2) is 72.8 Å². The highest BCUT2D eigenvalue weighted by atomic mass is 16.2. The fraction of sp³-hybridized carbons (Fsp3) is 0.192. The molecular formula is C26H26N4O3. The van der Waals surface area contributed by atoms with Crippen molar-refractivity contribution in [2.24, 2.45) is 0 Å². The first-order valence-corrected chi connectivity index (χ1v) is 10.9. The number of fused-ring (bicyclic) bond motifs is 1. The van der Waals surface area contributed by atoms with Gasteiger partial charge in [0.25, 0.3) is 11.8 Å². The van der Waals surface area contributed by atoms with Gasteiger partial charge in [-0.15, -0.1) is 0 Å². The fourth-order valence-corrected chi connectivity index (χ4v) is 3.81. The van der Waals surface area contributed by atoms with E-state index in [0.29, 0.717) is 29.0 Å². The third-order valence-electron chi connectivity index (χ3n) is 5.36. The van der Waals surface area contributed by atoms with E-state index < -0.39 is 0 Å². The Morgan fingerprint density at radius 3 is 2.30 bits per heavy atom. The number of nitrogens with one attached hydrogen (secondary N) is 3. The van der Waals surface area contributed by atoms with Crippen molar-refractivity contribution < 1.29 is 14.4 Å². The molecule has 0 saturated heterocycles. The normalized spacial score (nSPS) is 12.3. The number of hydrogen-bond donors (Lipinski definition) is 3. The maximum atomic E-state index is 13.0. The Kier molecular flexibility index (Phi) is 6.40. The summed E-state index contributed by atoms with van der Waals surface area (Å²) in [4.78, 5) is 39.7. The molecule has 3 aromatic rings. The average molecular weight is 443 g/mol. The number of rotatable bonds is 5. The molecule has 0 atom stereocenters. The average Bonchev–Trinajstić information content (AvgIpc) is 3.23. The standard InChI is InChI=1S/C26H26N4O3/c1-17(2)27-26(33)29-22-9-5-4-8-21(22)24(31)28-20-13-11-19(12-14-20)25(32)30-16-15-18-7-3-6-10-23(18)30/h3-14,17H,15-16H2,1-2H3,(H,28,31)(H2,27,29,33). The number of carbonyl (C=O) groups excluding carboxylic acids is 3. The van der Waals surface area contributed by atoms with Crippen LogP contribution in [0.25, 0.3) is 0 Å². The van der Waals surface area contributed by atoms with Gasteiger partial charge in [0.1, 0.15) is 0 Å². The van der Waals surface area contributed by atoms with E-state index in [4.69, 9.17) is 0 Å². The zero-order valence-electron chi connectivity index (χ0n) is 18.6. The Morgan fingerprint density at radius 1 is 0.848 bits per heavy atom. The van der Waals surface area contributed by atoms with E-state index in [1.54, 1.807) is 53.4 Å². The lowest BCUT2D eigenvalue weighted by atomic mass is 10.1. The van der Waals surface area contributed by atoms with Crippen molar-refractivity contribution in [3.05, 3.63) is 89.5 Å². The van der Waals surface area contributed by atoms with Gasteiger partial charge in [-0.25, -0.2) is 4.79 Å². The van der Waals surface area contributed by atoms with E-state index in [0.717, 1.165) is 12.1 Å². The molecule has 1 heterocycles. The molecule has 7 heteroatoms. The van der Waals surface area contributed by atoms with Gasteiger partial charge in [0, 0.05) is 29.5 Å². The Balaban J connectivity index is 1.44. The van der Waals surface area contributed by atoms with E-state index in [1.807, 2.05) is 38.1 Å². The highest BCUT2D eigenvalue weighted by Crippen LogP contribution is 2.29. The van der Waals surface area contributed by atoms with Crippen molar-refractivity contribution >= 4 is 34.9 Å². The number of carbonyl (C=O) groups is 3. The zero-order chi connectivity index (χ0) is 23.4. The maximum absolute atomic E-state index is 13.0. The van der Waals surface area contributed by atoms with Crippen molar-refractivity contribution in [3.63, 3.8) is 0 Å². The van der Waals surface area contributed by atoms with Gasteiger partial charge < -0.3 is 20.9 Å². The second kappa shape index (κ2) is 9.56. The molecule has 0 bridgehead atoms. The summed E-state index contributed by atoms with van der Waals surface area (Å²) in [6, 6.07) is 21.1. The van der Waals surface area contributed by atoms with Gasteiger partial charge >= 0.3 is 6.03 Å². The summed E-state index contributed by atoms with van der Waals surface area (Å²) in [5, 5.41) is 8.27. The van der Waals surface area contributed by atoms with Gasteiger partial charge in [0.15, 0.2) is 0 Å². The summed E-state index contributed by atoms with van der Waals surface area (Å²) in [6.45, 7) is 4.37. The topological polar surface area (TPSA) is 90.5 Å². The summed E-state index contributed by atoms with van der Waals surface area (Å²) < 4.78 is 0. The van der Waals surface area contributed by atoms with Crippen molar-refractivity contribution in [1.29, 1.82) is 0 Å². The van der Waals surface area contributed by atoms with Crippen LogP contribution in [0.3, 0.4) is 0 Å². The molecule has 3 aromatic carbocycles. The van der Waals surface area contributed by atoms with E-state index in [9.17, 15) is 14.4 Å². The molecule has 3 N–H and O–H groups in total. The molecule has 168 valence electrons. The first-order valence-electron chi connectivity index (χ1n) is 10.9. The van der Waals surface area contributed by atoms with Crippen molar-refractivity contribution in [2.75, 3.05) is 22.1 Å². The number of anilines is 3. The molecule has 0 spiro atoms. The van der Waals surface area contributed by atoms with Crippen LogP contribution in [0.5, 0.6) is 0 Å². The first-order chi connectivity index (χ1) is 15.9. The molecule has 0 aliphatic carbocycles. The summed E-state index contributed by atoms with van der Waals surface area (Å²) >= 11 is 0. The lowest BCUT2D eigenvalue weighted by Crippen LogP contribution is -2.34. The Hall–Kier alpha value is -4.13. The molecule has 0 fully saturated rings. The highest BCUT2D eigenvalue weighted by Gasteiger charge is 2.25. The van der Waals surface area contributed by atoms with E-state index >= 15 is 0 Å². The quantitative estimate of drug-likeness (QED) is 0.536. The molecule has 0 aromatic heterocycles. The van der Waals surface area contributed by atoms with Crippen LogP contribution in [0.4, 0.5) is 21.9 Å². The summed E-state index contributed by atoms with van der Waals surface area (Å²) in [7, 11) is 0. The van der Waals surface area contributed by atoms with Gasteiger partial charge in [-0.2, -0.15) is 0 Å². The Morgan fingerprint density at radius 2 is 1.55 bits per heavy atom. The third kappa shape index (κ3) is 5.03. The molecule has 4 rings (SSSR count). The van der Waals surface area contributed by atoms with Crippen LogP contribution in [0.1, 0.15) is 40.1 Å². The van der Waals surface area contributed by atoms with Crippen molar-refractivity contribution in [2.45, 2.75) is 26.3 Å². The molecular weight excluding hydrogens is 416 g/mol. The number of nitrogens with zero attached hydrogens (tertiary/aromatic N) is 1. The highest BCUT2D eigenvalue weighted by molar-refractivity contribution is 6.11. The molecule has 1 aliphatic heterocycles. The minimum atomic E-state index is -0.378. The van der Waals surface area contributed by atoms with Crippen LogP contribution in [0.2, 0.25) is 0 Å². The van der Waals surface area contributed by atoms with Gasteiger partial charge in [-0.3, -0.25) is 9.59 Å². The third-order valence-corrected chi connectivity index (χ3v) is 5.36. The zero-order valence-corrected chi connectivity index (χ0v) is 18.6. The van der Waals surface area contributed by atoms with Crippen molar-refractivity contribution in [3.8, 4) is 0 Å². The second-order valence-corrected chi connectivity index (χ2v) is 8.17. The molecule has 0 saturated carbocycles. The number of benzene rings is 3. The van der Waals surface area contributed by atoms with Gasteiger partial charge in [0.05, 0.1) is 11.3 Å². The molecule has 1 aliphatic rings. The Labute approximate surface area is 192 Å². The fourth-order valence-electron chi connectivity index (χ4n) is 3.81. The summed E-state index contributed by atoms with van der Waals surface area (Å²) in [5.74, 6) is -0.425. The van der Waals surface area contributed by atoms with Crippen LogP contribution in [-0.4, -0.2) is 30.4 Å². The van der Waals surface area contributed by atoms with Gasteiger partial charge in [-0.05, 0) is 68.3 Å². The summed E-state index contributed by atoms with van der Waals surface area (Å²) in [6.07, 6.45) is 0.846. The van der Waals surface area contributed by atoms with E-state index in [2.05, 4.69) is 16.0 Å². The van der Waals surface area contributed by atoms with Crippen molar-refractivity contribution in [1.82, 2.24) is 5.32 Å². The minimum Gasteiger partial charge on any atom is -0.336 e. The van der Waals surface area contributed by atoms with Crippen LogP contribution >= 0.6 is 0 Å². The molecule has 7 nitrogen and oxygen atoms in total. The van der Waals surface area contributed by atoms with Crippen LogP contribution < -0.4 is 20.9 Å². The number of urea groups is 1. The number of para-hydroxylation sites is 2. The molecule has 33 heavy (non-hydrogen) atoms. The summed E-state index contributed by atoms with van der Waals surface area (Å²) in [5.41, 5.74) is 3.98. The molecule has 0 unspecified atom stereocenters. The van der Waals surface area contributed by atoms with E-state index in [1.165, 1.54) is 5.56 Å². The lowest BCUT2D eigenvalue weighted by Gasteiger charge is -2.17. The van der Waals surface area contributed by atoms with Crippen LogP contribution in [-0.2, 0) is 6.42 Å². The molecule has 4 amide bonds. The lowest BCUT2D eigenvalue weighted by molar-refractivity contribution is 0.0988. The Bertz CT molecular complexity index is 1190. The van der Waals surface area contributed by atoms with Crippen LogP contribution in [0, 0.1) is 0 Å².